The Morgan fingerprint density at radius 3 is 2.74 bits per heavy atom. The number of rotatable bonds is 6. The molecule has 3 aromatic rings. The van der Waals surface area contributed by atoms with Crippen molar-refractivity contribution in [3.8, 4) is 0 Å². The molecular formula is C17H18ClFN8. The monoisotopic (exact) mass is 388 g/mol. The van der Waals surface area contributed by atoms with Gasteiger partial charge in [0.15, 0.2) is 5.82 Å². The van der Waals surface area contributed by atoms with Gasteiger partial charge in [0.1, 0.15) is 5.82 Å². The minimum absolute atomic E-state index is 0.0605. The zero-order valence-electron chi connectivity index (χ0n) is 14.5. The van der Waals surface area contributed by atoms with Crippen LogP contribution in [0.25, 0.3) is 0 Å². The molecule has 0 radical (unpaired) electrons. The average molecular weight is 389 g/mol. The lowest BCUT2D eigenvalue weighted by Gasteiger charge is -2.16. The Bertz CT molecular complexity index is 971. The summed E-state index contributed by atoms with van der Waals surface area (Å²) in [4.78, 5) is 12.5. The van der Waals surface area contributed by atoms with E-state index >= 15 is 0 Å². The number of nitrogen functional groups attached to an aromatic ring is 1. The zero-order valence-corrected chi connectivity index (χ0v) is 15.3. The molecule has 4 rings (SSSR count). The minimum Gasteiger partial charge on any atom is -0.368 e. The summed E-state index contributed by atoms with van der Waals surface area (Å²) >= 11 is 6.11. The van der Waals surface area contributed by atoms with E-state index in [1.54, 1.807) is 6.07 Å². The highest BCUT2D eigenvalue weighted by Gasteiger charge is 2.25. The number of aromatic nitrogens is 5. The summed E-state index contributed by atoms with van der Waals surface area (Å²) in [7, 11) is 0. The van der Waals surface area contributed by atoms with Gasteiger partial charge in [0.25, 0.3) is 0 Å². The van der Waals surface area contributed by atoms with Gasteiger partial charge >= 0.3 is 0 Å². The van der Waals surface area contributed by atoms with Gasteiger partial charge < -0.3 is 16.4 Å². The molecule has 140 valence electrons. The number of hydrogen-bond donors (Lipinski definition) is 4. The third-order valence-electron chi connectivity index (χ3n) is 4.28. The number of H-pyrrole nitrogens is 1. The van der Waals surface area contributed by atoms with Crippen LogP contribution in [0.3, 0.4) is 0 Å². The van der Waals surface area contributed by atoms with Crippen LogP contribution in [0.1, 0.15) is 43.0 Å². The van der Waals surface area contributed by atoms with Gasteiger partial charge in [-0.25, -0.2) is 4.39 Å². The van der Waals surface area contributed by atoms with E-state index in [-0.39, 0.29) is 23.9 Å². The van der Waals surface area contributed by atoms with Crippen LogP contribution in [-0.4, -0.2) is 25.1 Å². The summed E-state index contributed by atoms with van der Waals surface area (Å²) in [5, 5.41) is 13.7. The molecule has 0 spiro atoms. The maximum atomic E-state index is 13.2. The Kier molecular flexibility index (Phi) is 4.53. The Morgan fingerprint density at radius 2 is 2.00 bits per heavy atom. The molecule has 1 aromatic carbocycles. The molecule has 2 heterocycles. The van der Waals surface area contributed by atoms with Crippen molar-refractivity contribution in [3.63, 3.8) is 0 Å². The van der Waals surface area contributed by atoms with E-state index in [1.807, 2.05) is 13.0 Å². The maximum absolute atomic E-state index is 13.2. The first kappa shape index (κ1) is 17.5. The van der Waals surface area contributed by atoms with E-state index in [0.29, 0.717) is 22.3 Å². The van der Waals surface area contributed by atoms with Crippen molar-refractivity contribution in [1.82, 2.24) is 25.1 Å². The number of aromatic amines is 1. The van der Waals surface area contributed by atoms with Crippen molar-refractivity contribution < 1.29 is 4.39 Å². The normalized spacial score (nSPS) is 14.8. The number of nitrogens with two attached hydrogens (primary N) is 1. The standard InChI is InChI=1S/C17H18ClFN8/c1-8(11-5-4-10(19)6-12(11)18)21-16-23-15(20)24-17(25-16)22-14-7-13(26-27-14)9-2-3-9/h4-9H,2-3H2,1H3,(H5,20,21,22,23,24,25,26,27)/t8-/m0/s1. The third-order valence-corrected chi connectivity index (χ3v) is 4.61. The summed E-state index contributed by atoms with van der Waals surface area (Å²) in [6.45, 7) is 1.86. The number of anilines is 4. The summed E-state index contributed by atoms with van der Waals surface area (Å²) < 4.78 is 13.2. The molecule has 10 heteroatoms. The third kappa shape index (κ3) is 4.08. The number of hydrogen-bond acceptors (Lipinski definition) is 7. The second-order valence-corrected chi connectivity index (χ2v) is 6.89. The first-order chi connectivity index (χ1) is 13.0. The highest BCUT2D eigenvalue weighted by Crippen LogP contribution is 2.39. The summed E-state index contributed by atoms with van der Waals surface area (Å²) in [5.74, 6) is 1.40. The van der Waals surface area contributed by atoms with Gasteiger partial charge in [-0.1, -0.05) is 17.7 Å². The molecule has 1 fully saturated rings. The molecule has 0 bridgehead atoms. The molecule has 1 aliphatic rings. The molecule has 0 aliphatic heterocycles. The van der Waals surface area contributed by atoms with E-state index < -0.39 is 5.82 Å². The second-order valence-electron chi connectivity index (χ2n) is 6.48. The fraction of sp³-hybridized carbons (Fsp3) is 0.294. The van der Waals surface area contributed by atoms with Gasteiger partial charge in [-0.2, -0.15) is 20.1 Å². The van der Waals surface area contributed by atoms with Crippen molar-refractivity contribution in [2.24, 2.45) is 0 Å². The second kappa shape index (κ2) is 6.99. The van der Waals surface area contributed by atoms with E-state index in [1.165, 1.54) is 25.0 Å². The summed E-state index contributed by atoms with van der Waals surface area (Å²) in [6, 6.07) is 5.90. The molecule has 1 saturated carbocycles. The fourth-order valence-electron chi connectivity index (χ4n) is 2.76. The summed E-state index contributed by atoms with van der Waals surface area (Å²) in [6.07, 6.45) is 2.36. The van der Waals surface area contributed by atoms with E-state index in [9.17, 15) is 4.39 Å². The Labute approximate surface area is 159 Å². The highest BCUT2D eigenvalue weighted by molar-refractivity contribution is 6.31. The fourth-order valence-corrected chi connectivity index (χ4v) is 3.09. The lowest BCUT2D eigenvalue weighted by atomic mass is 10.1. The number of benzene rings is 1. The molecule has 27 heavy (non-hydrogen) atoms. The Hall–Kier alpha value is -2.94. The first-order valence-electron chi connectivity index (χ1n) is 8.53. The van der Waals surface area contributed by atoms with Gasteiger partial charge in [0.05, 0.1) is 6.04 Å². The topological polar surface area (TPSA) is 117 Å². The molecular weight excluding hydrogens is 371 g/mol. The van der Waals surface area contributed by atoms with Crippen LogP contribution < -0.4 is 16.4 Å². The van der Waals surface area contributed by atoms with Crippen molar-refractivity contribution in [1.29, 1.82) is 0 Å². The molecule has 1 aliphatic carbocycles. The highest BCUT2D eigenvalue weighted by atomic mass is 35.5. The van der Waals surface area contributed by atoms with Gasteiger partial charge in [-0.3, -0.25) is 5.10 Å². The van der Waals surface area contributed by atoms with Crippen LogP contribution in [0.2, 0.25) is 5.02 Å². The minimum atomic E-state index is -0.392. The van der Waals surface area contributed by atoms with Crippen LogP contribution in [0.15, 0.2) is 24.3 Å². The van der Waals surface area contributed by atoms with Crippen LogP contribution in [-0.2, 0) is 0 Å². The number of halogens is 2. The predicted octanol–water partition coefficient (Wildman–Crippen LogP) is 3.76. The molecule has 0 saturated heterocycles. The Balaban J connectivity index is 1.50. The quantitative estimate of drug-likeness (QED) is 0.507. The van der Waals surface area contributed by atoms with E-state index in [4.69, 9.17) is 17.3 Å². The lowest BCUT2D eigenvalue weighted by Crippen LogP contribution is -2.13. The molecule has 8 nitrogen and oxygen atoms in total. The van der Waals surface area contributed by atoms with E-state index in [0.717, 1.165) is 5.69 Å². The van der Waals surface area contributed by atoms with Crippen LogP contribution in [0.5, 0.6) is 0 Å². The largest absolute Gasteiger partial charge is 0.368 e. The van der Waals surface area contributed by atoms with E-state index in [2.05, 4.69) is 35.8 Å². The zero-order chi connectivity index (χ0) is 19.0. The molecule has 1 atom stereocenters. The Morgan fingerprint density at radius 1 is 1.22 bits per heavy atom. The molecule has 0 amide bonds. The average Bonchev–Trinajstić information content (AvgIpc) is 3.34. The number of nitrogens with zero attached hydrogens (tertiary/aromatic N) is 4. The lowest BCUT2D eigenvalue weighted by molar-refractivity contribution is 0.626. The van der Waals surface area contributed by atoms with Crippen molar-refractivity contribution in [2.45, 2.75) is 31.7 Å². The molecule has 2 aromatic heterocycles. The molecule has 0 unspecified atom stereocenters. The van der Waals surface area contributed by atoms with Crippen LogP contribution >= 0.6 is 11.6 Å². The SMILES string of the molecule is C[C@H](Nc1nc(N)nc(Nc2cc(C3CC3)[nH]n2)n1)c1ccc(F)cc1Cl. The van der Waals surface area contributed by atoms with Crippen molar-refractivity contribution in [3.05, 3.63) is 46.4 Å². The van der Waals surface area contributed by atoms with Gasteiger partial charge in [-0.05, 0) is 37.5 Å². The van der Waals surface area contributed by atoms with Gasteiger partial charge in [-0.15, -0.1) is 0 Å². The first-order valence-corrected chi connectivity index (χ1v) is 8.91. The maximum Gasteiger partial charge on any atom is 0.235 e. The van der Waals surface area contributed by atoms with Crippen LogP contribution in [0, 0.1) is 5.82 Å². The van der Waals surface area contributed by atoms with Crippen molar-refractivity contribution in [2.75, 3.05) is 16.4 Å². The summed E-state index contributed by atoms with van der Waals surface area (Å²) in [5.41, 5.74) is 7.61. The number of nitrogens with one attached hydrogen (secondary N) is 3. The predicted molar refractivity (Wildman–Crippen MR) is 102 cm³/mol. The van der Waals surface area contributed by atoms with Gasteiger partial charge in [0, 0.05) is 22.7 Å². The van der Waals surface area contributed by atoms with Crippen molar-refractivity contribution >= 4 is 35.3 Å². The molecule has 5 N–H and O–H groups in total. The van der Waals surface area contributed by atoms with Gasteiger partial charge in [0.2, 0.25) is 17.8 Å². The smallest absolute Gasteiger partial charge is 0.235 e. The van der Waals surface area contributed by atoms with Crippen LogP contribution in [0.4, 0.5) is 28.1 Å².